The summed E-state index contributed by atoms with van der Waals surface area (Å²) in [7, 11) is 0. The molecule has 0 aliphatic carbocycles. The maximum atomic E-state index is 11.8. The minimum Gasteiger partial charge on any atom is -0.508 e. The number of aromatic hydroxyl groups is 1. The van der Waals surface area contributed by atoms with Gasteiger partial charge in [-0.05, 0) is 67.8 Å². The van der Waals surface area contributed by atoms with Crippen LogP contribution in [-0.2, 0) is 16.1 Å². The van der Waals surface area contributed by atoms with Crippen molar-refractivity contribution in [1.82, 2.24) is 5.32 Å². The van der Waals surface area contributed by atoms with Crippen molar-refractivity contribution in [3.8, 4) is 11.5 Å². The lowest BCUT2D eigenvalue weighted by atomic mass is 10.1. The standard InChI is InChI=1S/C28H41NO7/c1-2-15-36-28(33)22-8-11-25(12-9-22)35-18-7-17-34-16-6-4-3-5-14-29-20-27(32)23-10-13-26(31)24(19-23)21-30/h8-13,19,27,29-32H,2-7,14-18,20-21H2,1H3. The topological polar surface area (TPSA) is 117 Å². The molecule has 36 heavy (non-hydrogen) atoms. The first-order valence-electron chi connectivity index (χ1n) is 12.8. The molecule has 0 bridgehead atoms. The number of phenols is 1. The van der Waals surface area contributed by atoms with Crippen LogP contribution >= 0.6 is 0 Å². The fourth-order valence-corrected chi connectivity index (χ4v) is 3.52. The number of rotatable bonds is 19. The van der Waals surface area contributed by atoms with E-state index in [0.29, 0.717) is 43.1 Å². The maximum Gasteiger partial charge on any atom is 0.338 e. The van der Waals surface area contributed by atoms with Gasteiger partial charge in [-0.3, -0.25) is 0 Å². The second-order valence-electron chi connectivity index (χ2n) is 8.66. The molecule has 0 fully saturated rings. The fourth-order valence-electron chi connectivity index (χ4n) is 3.52. The Morgan fingerprint density at radius 2 is 1.69 bits per heavy atom. The molecule has 0 aliphatic heterocycles. The molecule has 8 heteroatoms. The molecule has 0 spiro atoms. The number of hydrogen-bond donors (Lipinski definition) is 4. The van der Waals surface area contributed by atoms with Crippen LogP contribution in [0.4, 0.5) is 0 Å². The number of ether oxygens (including phenoxy) is 3. The van der Waals surface area contributed by atoms with Crippen LogP contribution in [-0.4, -0.2) is 60.8 Å². The van der Waals surface area contributed by atoms with E-state index in [1.165, 1.54) is 6.07 Å². The summed E-state index contributed by atoms with van der Waals surface area (Å²) in [5.41, 5.74) is 1.62. The van der Waals surface area contributed by atoms with Gasteiger partial charge in [-0.25, -0.2) is 4.79 Å². The third kappa shape index (κ3) is 11.4. The van der Waals surface area contributed by atoms with Gasteiger partial charge in [0.15, 0.2) is 0 Å². The van der Waals surface area contributed by atoms with E-state index in [-0.39, 0.29) is 18.3 Å². The number of nitrogens with one attached hydrogen (secondary N) is 1. The quantitative estimate of drug-likeness (QED) is 0.167. The van der Waals surface area contributed by atoms with E-state index in [9.17, 15) is 20.1 Å². The van der Waals surface area contributed by atoms with Crippen molar-refractivity contribution in [2.24, 2.45) is 0 Å². The molecule has 8 nitrogen and oxygen atoms in total. The highest BCUT2D eigenvalue weighted by Gasteiger charge is 2.10. The average molecular weight is 504 g/mol. The van der Waals surface area contributed by atoms with Crippen molar-refractivity contribution < 1.29 is 34.3 Å². The van der Waals surface area contributed by atoms with Gasteiger partial charge in [0.2, 0.25) is 0 Å². The van der Waals surface area contributed by atoms with E-state index in [0.717, 1.165) is 57.4 Å². The lowest BCUT2D eigenvalue weighted by molar-refractivity contribution is 0.0505. The van der Waals surface area contributed by atoms with Crippen molar-refractivity contribution in [1.29, 1.82) is 0 Å². The van der Waals surface area contributed by atoms with Crippen LogP contribution in [0.25, 0.3) is 0 Å². The number of carbonyl (C=O) groups is 1. The molecule has 4 N–H and O–H groups in total. The molecule has 0 amide bonds. The SMILES string of the molecule is CCCOC(=O)c1ccc(OCCCOCCCCCCNCC(O)c2ccc(O)c(CO)c2)cc1. The first-order chi connectivity index (χ1) is 17.5. The third-order valence-corrected chi connectivity index (χ3v) is 5.62. The Balaban J connectivity index is 1.41. The van der Waals surface area contributed by atoms with Gasteiger partial charge >= 0.3 is 5.97 Å². The Morgan fingerprint density at radius 3 is 2.44 bits per heavy atom. The molecule has 0 saturated heterocycles. The normalized spacial score (nSPS) is 11.9. The minimum atomic E-state index is -0.679. The van der Waals surface area contributed by atoms with E-state index < -0.39 is 6.10 Å². The Labute approximate surface area is 214 Å². The first kappa shape index (κ1) is 29.6. The maximum absolute atomic E-state index is 11.8. The van der Waals surface area contributed by atoms with Crippen molar-refractivity contribution in [3.05, 3.63) is 59.2 Å². The predicted molar refractivity (Wildman–Crippen MR) is 138 cm³/mol. The smallest absolute Gasteiger partial charge is 0.338 e. The zero-order valence-electron chi connectivity index (χ0n) is 21.3. The highest BCUT2D eigenvalue weighted by molar-refractivity contribution is 5.89. The molecule has 0 aromatic heterocycles. The van der Waals surface area contributed by atoms with Gasteiger partial charge in [0.25, 0.3) is 0 Å². The third-order valence-electron chi connectivity index (χ3n) is 5.62. The molecule has 1 unspecified atom stereocenters. The summed E-state index contributed by atoms with van der Waals surface area (Å²) in [5, 5.41) is 32.3. The fraction of sp³-hybridized carbons (Fsp3) is 0.536. The van der Waals surface area contributed by atoms with Gasteiger partial charge < -0.3 is 34.8 Å². The number of esters is 1. The summed E-state index contributed by atoms with van der Waals surface area (Å²) in [6, 6.07) is 11.8. The Kier molecular flexibility index (Phi) is 14.6. The summed E-state index contributed by atoms with van der Waals surface area (Å²) < 4.78 is 16.5. The zero-order chi connectivity index (χ0) is 26.0. The Bertz CT molecular complexity index is 873. The minimum absolute atomic E-state index is 0.0354. The van der Waals surface area contributed by atoms with Crippen molar-refractivity contribution in [2.75, 3.05) is 39.5 Å². The van der Waals surface area contributed by atoms with Crippen LogP contribution in [0.3, 0.4) is 0 Å². The number of carbonyl (C=O) groups excluding carboxylic acids is 1. The highest BCUT2D eigenvalue weighted by Crippen LogP contribution is 2.22. The van der Waals surface area contributed by atoms with Gasteiger partial charge in [-0.15, -0.1) is 0 Å². The summed E-state index contributed by atoms with van der Waals surface area (Å²) in [6.07, 6.45) is 5.13. The molecular weight excluding hydrogens is 462 g/mol. The van der Waals surface area contributed by atoms with Crippen LogP contribution in [0.2, 0.25) is 0 Å². The average Bonchev–Trinajstić information content (AvgIpc) is 2.90. The second kappa shape index (κ2) is 17.7. The van der Waals surface area contributed by atoms with E-state index >= 15 is 0 Å². The van der Waals surface area contributed by atoms with E-state index in [1.807, 2.05) is 6.92 Å². The highest BCUT2D eigenvalue weighted by atomic mass is 16.5. The van der Waals surface area contributed by atoms with Gasteiger partial charge in [0, 0.05) is 31.7 Å². The van der Waals surface area contributed by atoms with Crippen LogP contribution in [0, 0.1) is 0 Å². The molecule has 0 saturated carbocycles. The summed E-state index contributed by atoms with van der Waals surface area (Å²) in [4.78, 5) is 11.8. The molecule has 2 aromatic rings. The van der Waals surface area contributed by atoms with Crippen LogP contribution < -0.4 is 10.1 Å². The molecule has 0 aliphatic rings. The molecule has 0 heterocycles. The first-order valence-corrected chi connectivity index (χ1v) is 12.8. The molecule has 1 atom stereocenters. The number of aliphatic hydroxyl groups excluding tert-OH is 2. The van der Waals surface area contributed by atoms with Crippen LogP contribution in [0.5, 0.6) is 11.5 Å². The number of benzene rings is 2. The molecule has 200 valence electrons. The van der Waals surface area contributed by atoms with Gasteiger partial charge in [-0.1, -0.05) is 25.8 Å². The van der Waals surface area contributed by atoms with Gasteiger partial charge in [0.1, 0.15) is 11.5 Å². The Hall–Kier alpha value is -2.65. The monoisotopic (exact) mass is 503 g/mol. The lowest BCUT2D eigenvalue weighted by Gasteiger charge is -2.14. The molecule has 2 aromatic carbocycles. The Morgan fingerprint density at radius 1 is 0.944 bits per heavy atom. The van der Waals surface area contributed by atoms with Crippen LogP contribution in [0.15, 0.2) is 42.5 Å². The molecule has 0 radical (unpaired) electrons. The summed E-state index contributed by atoms with van der Waals surface area (Å²) in [6.45, 7) is 5.31. The second-order valence-corrected chi connectivity index (χ2v) is 8.66. The van der Waals surface area contributed by atoms with Crippen LogP contribution in [0.1, 0.15) is 73.0 Å². The number of unbranched alkanes of at least 4 members (excludes halogenated alkanes) is 3. The van der Waals surface area contributed by atoms with E-state index in [4.69, 9.17) is 14.2 Å². The summed E-state index contributed by atoms with van der Waals surface area (Å²) in [5.74, 6) is 0.449. The van der Waals surface area contributed by atoms with E-state index in [2.05, 4.69) is 5.32 Å². The predicted octanol–water partition coefficient (Wildman–Crippen LogP) is 4.12. The van der Waals surface area contributed by atoms with Crippen molar-refractivity contribution in [3.63, 3.8) is 0 Å². The van der Waals surface area contributed by atoms with E-state index in [1.54, 1.807) is 36.4 Å². The lowest BCUT2D eigenvalue weighted by Crippen LogP contribution is -2.22. The van der Waals surface area contributed by atoms with Crippen molar-refractivity contribution >= 4 is 5.97 Å². The van der Waals surface area contributed by atoms with Gasteiger partial charge in [0.05, 0.1) is 31.5 Å². The molecule has 2 rings (SSSR count). The number of hydrogen-bond acceptors (Lipinski definition) is 8. The van der Waals surface area contributed by atoms with Gasteiger partial charge in [-0.2, -0.15) is 0 Å². The molecular formula is C28H41NO7. The largest absolute Gasteiger partial charge is 0.508 e. The zero-order valence-corrected chi connectivity index (χ0v) is 21.3. The van der Waals surface area contributed by atoms with Crippen molar-refractivity contribution in [2.45, 2.75) is 58.2 Å². The summed E-state index contributed by atoms with van der Waals surface area (Å²) >= 11 is 0. The number of aliphatic hydroxyl groups is 2.